The number of pyridine rings is 1. The van der Waals surface area contributed by atoms with Gasteiger partial charge in [-0.3, -0.25) is 9.67 Å². The quantitative estimate of drug-likeness (QED) is 0.917. The van der Waals surface area contributed by atoms with E-state index in [4.69, 9.17) is 0 Å². The minimum Gasteiger partial charge on any atom is -0.388 e. The van der Waals surface area contributed by atoms with Crippen LogP contribution in [-0.4, -0.2) is 19.9 Å². The lowest BCUT2D eigenvalue weighted by atomic mass is 10.0. The van der Waals surface area contributed by atoms with E-state index in [0.717, 1.165) is 23.4 Å². The summed E-state index contributed by atoms with van der Waals surface area (Å²) in [4.78, 5) is 4.22. The lowest BCUT2D eigenvalue weighted by Gasteiger charge is -2.11. The zero-order chi connectivity index (χ0) is 14.0. The van der Waals surface area contributed by atoms with Gasteiger partial charge in [-0.15, -0.1) is 0 Å². The Bertz CT molecular complexity index is 558. The minimum atomic E-state index is -0.466. The molecule has 0 bridgehead atoms. The van der Waals surface area contributed by atoms with Gasteiger partial charge in [0.1, 0.15) is 0 Å². The molecule has 2 aromatic heterocycles. The fourth-order valence-electron chi connectivity index (χ4n) is 2.30. The molecule has 0 aliphatic rings. The lowest BCUT2D eigenvalue weighted by Crippen LogP contribution is -2.02. The highest BCUT2D eigenvalue weighted by atomic mass is 16.3. The molecule has 0 aliphatic carbocycles. The second-order valence-electron chi connectivity index (χ2n) is 5.06. The molecule has 0 spiro atoms. The largest absolute Gasteiger partial charge is 0.388 e. The molecule has 19 heavy (non-hydrogen) atoms. The molecule has 2 aromatic rings. The maximum Gasteiger partial charge on any atom is 0.0808 e. The van der Waals surface area contributed by atoms with Crippen LogP contribution in [0.3, 0.4) is 0 Å². The zero-order valence-corrected chi connectivity index (χ0v) is 12.0. The van der Waals surface area contributed by atoms with Crippen LogP contribution < -0.4 is 0 Å². The second kappa shape index (κ2) is 5.53. The van der Waals surface area contributed by atoms with E-state index in [0.29, 0.717) is 6.42 Å². The third kappa shape index (κ3) is 3.01. The van der Waals surface area contributed by atoms with Crippen LogP contribution in [0.4, 0.5) is 0 Å². The van der Waals surface area contributed by atoms with Gasteiger partial charge in [0.2, 0.25) is 0 Å². The average molecular weight is 259 g/mol. The van der Waals surface area contributed by atoms with Crippen LogP contribution >= 0.6 is 0 Å². The van der Waals surface area contributed by atoms with Crippen molar-refractivity contribution in [2.45, 2.75) is 39.7 Å². The molecule has 0 amide bonds. The Morgan fingerprint density at radius 3 is 2.53 bits per heavy atom. The molecule has 4 heteroatoms. The van der Waals surface area contributed by atoms with Gasteiger partial charge in [0.25, 0.3) is 0 Å². The Morgan fingerprint density at radius 2 is 2.00 bits per heavy atom. The molecule has 0 aromatic carbocycles. The summed E-state index contributed by atoms with van der Waals surface area (Å²) >= 11 is 0. The number of hydrogen-bond donors (Lipinski definition) is 1. The van der Waals surface area contributed by atoms with Crippen LogP contribution in [-0.2, 0) is 13.5 Å². The summed E-state index contributed by atoms with van der Waals surface area (Å²) in [5.41, 5.74) is 5.31. The van der Waals surface area contributed by atoms with Crippen LogP contribution in [0, 0.1) is 20.8 Å². The fourth-order valence-corrected chi connectivity index (χ4v) is 2.30. The third-order valence-electron chi connectivity index (χ3n) is 3.65. The monoisotopic (exact) mass is 259 g/mol. The van der Waals surface area contributed by atoms with Gasteiger partial charge >= 0.3 is 0 Å². The van der Waals surface area contributed by atoms with Crippen LogP contribution in [0.25, 0.3) is 0 Å². The normalized spacial score (nSPS) is 12.7. The Kier molecular flexibility index (Phi) is 4.00. The molecule has 4 nitrogen and oxygen atoms in total. The maximum absolute atomic E-state index is 10.2. The predicted molar refractivity (Wildman–Crippen MR) is 74.9 cm³/mol. The van der Waals surface area contributed by atoms with Gasteiger partial charge in [0, 0.05) is 24.6 Å². The summed E-state index contributed by atoms with van der Waals surface area (Å²) in [7, 11) is 1.95. The van der Waals surface area contributed by atoms with Crippen molar-refractivity contribution in [2.75, 3.05) is 0 Å². The van der Waals surface area contributed by atoms with Gasteiger partial charge in [-0.05, 0) is 50.8 Å². The van der Waals surface area contributed by atoms with Crippen molar-refractivity contribution in [3.63, 3.8) is 0 Å². The highest BCUT2D eigenvalue weighted by Crippen LogP contribution is 2.21. The topological polar surface area (TPSA) is 50.9 Å². The molecule has 1 N–H and O–H groups in total. The van der Waals surface area contributed by atoms with Crippen LogP contribution in [0.5, 0.6) is 0 Å². The second-order valence-corrected chi connectivity index (χ2v) is 5.06. The predicted octanol–water partition coefficient (Wildman–Crippen LogP) is 2.41. The first-order valence-electron chi connectivity index (χ1n) is 6.58. The van der Waals surface area contributed by atoms with E-state index in [1.165, 1.54) is 11.3 Å². The van der Waals surface area contributed by atoms with Gasteiger partial charge < -0.3 is 5.11 Å². The van der Waals surface area contributed by atoms with Gasteiger partial charge in [0.05, 0.1) is 11.8 Å². The molecular formula is C15H21N3O. The molecule has 1 atom stereocenters. The Balaban J connectivity index is 2.04. The summed E-state index contributed by atoms with van der Waals surface area (Å²) in [5.74, 6) is 0. The number of aryl methyl sites for hydroxylation is 3. The number of rotatable bonds is 4. The number of aromatic nitrogens is 3. The standard InChI is InChI=1S/C15H21N3O/c1-10-5-6-13(9-16-10)15(19)8-7-14-11(2)17-18(4)12(14)3/h5-6,9,15,19H,7-8H2,1-4H3. The number of aliphatic hydroxyl groups is 1. The van der Waals surface area contributed by atoms with Crippen molar-refractivity contribution in [3.05, 3.63) is 46.5 Å². The van der Waals surface area contributed by atoms with Crippen molar-refractivity contribution in [2.24, 2.45) is 7.05 Å². The van der Waals surface area contributed by atoms with E-state index in [-0.39, 0.29) is 0 Å². The molecule has 2 rings (SSSR count). The van der Waals surface area contributed by atoms with Crippen LogP contribution in [0.2, 0.25) is 0 Å². The molecule has 0 saturated carbocycles. The van der Waals surface area contributed by atoms with Crippen molar-refractivity contribution < 1.29 is 5.11 Å². The summed E-state index contributed by atoms with van der Waals surface area (Å²) in [6.45, 7) is 6.02. The van der Waals surface area contributed by atoms with Crippen molar-refractivity contribution in [3.8, 4) is 0 Å². The first-order chi connectivity index (χ1) is 8.99. The van der Waals surface area contributed by atoms with E-state index in [1.54, 1.807) is 6.20 Å². The van der Waals surface area contributed by atoms with E-state index in [2.05, 4.69) is 17.0 Å². The van der Waals surface area contributed by atoms with E-state index in [1.807, 2.05) is 37.7 Å². The molecule has 0 aliphatic heterocycles. The summed E-state index contributed by atoms with van der Waals surface area (Å²) in [6.07, 6.45) is 2.81. The molecule has 0 radical (unpaired) electrons. The highest BCUT2D eigenvalue weighted by molar-refractivity contribution is 5.25. The minimum absolute atomic E-state index is 0.466. The number of aliphatic hydroxyl groups excluding tert-OH is 1. The molecular weight excluding hydrogens is 238 g/mol. The zero-order valence-electron chi connectivity index (χ0n) is 12.0. The first-order valence-corrected chi connectivity index (χ1v) is 6.58. The summed E-state index contributed by atoms with van der Waals surface area (Å²) in [5, 5.41) is 14.6. The smallest absolute Gasteiger partial charge is 0.0808 e. The fraction of sp³-hybridized carbons (Fsp3) is 0.467. The third-order valence-corrected chi connectivity index (χ3v) is 3.65. The lowest BCUT2D eigenvalue weighted by molar-refractivity contribution is 0.167. The molecule has 1 unspecified atom stereocenters. The van der Waals surface area contributed by atoms with Crippen LogP contribution in [0.1, 0.15) is 40.7 Å². The average Bonchev–Trinajstić information content (AvgIpc) is 2.62. The van der Waals surface area contributed by atoms with Crippen molar-refractivity contribution in [1.29, 1.82) is 0 Å². The number of hydrogen-bond acceptors (Lipinski definition) is 3. The Morgan fingerprint density at radius 1 is 1.26 bits per heavy atom. The number of nitrogens with zero attached hydrogens (tertiary/aromatic N) is 3. The van der Waals surface area contributed by atoms with Crippen molar-refractivity contribution in [1.82, 2.24) is 14.8 Å². The SMILES string of the molecule is Cc1ccc(C(O)CCc2c(C)nn(C)c2C)cn1. The maximum atomic E-state index is 10.2. The van der Waals surface area contributed by atoms with Gasteiger partial charge in [-0.25, -0.2) is 0 Å². The molecule has 102 valence electrons. The van der Waals surface area contributed by atoms with E-state index >= 15 is 0 Å². The van der Waals surface area contributed by atoms with Gasteiger partial charge in [-0.1, -0.05) is 6.07 Å². The van der Waals surface area contributed by atoms with Gasteiger partial charge in [0.15, 0.2) is 0 Å². The summed E-state index contributed by atoms with van der Waals surface area (Å²) < 4.78 is 1.89. The highest BCUT2D eigenvalue weighted by Gasteiger charge is 2.13. The Labute approximate surface area is 114 Å². The summed E-state index contributed by atoms with van der Waals surface area (Å²) in [6, 6.07) is 3.87. The first kappa shape index (κ1) is 13.7. The van der Waals surface area contributed by atoms with Crippen molar-refractivity contribution >= 4 is 0 Å². The van der Waals surface area contributed by atoms with Crippen LogP contribution in [0.15, 0.2) is 18.3 Å². The Hall–Kier alpha value is -1.68. The van der Waals surface area contributed by atoms with E-state index in [9.17, 15) is 5.11 Å². The molecule has 0 fully saturated rings. The van der Waals surface area contributed by atoms with E-state index < -0.39 is 6.10 Å². The molecule has 2 heterocycles. The molecule has 0 saturated heterocycles. The van der Waals surface area contributed by atoms with Gasteiger partial charge in [-0.2, -0.15) is 5.10 Å².